The average Bonchev–Trinajstić information content (AvgIpc) is 2.08. The molecule has 0 saturated heterocycles. The Morgan fingerprint density at radius 2 is 1.83 bits per heavy atom. The number of benzene rings is 1. The van der Waals surface area contributed by atoms with Gasteiger partial charge in [-0.2, -0.15) is 0 Å². The van der Waals surface area contributed by atoms with Gasteiger partial charge in [-0.15, -0.1) is 0 Å². The van der Waals surface area contributed by atoms with Gasteiger partial charge in [0.15, 0.2) is 0 Å². The highest BCUT2D eigenvalue weighted by Crippen LogP contribution is 2.20. The van der Waals surface area contributed by atoms with E-state index in [1.54, 1.807) is 6.07 Å². The Morgan fingerprint density at radius 3 is 2.25 bits per heavy atom. The molecule has 0 spiro atoms. The standard InChI is InChI=1S/C8H8Cl2.CH4O/c1-2-6-3-4-7(9)5-8(6)10;1-2/h3-5H,2H2,1H3;2H,1H3. The van der Waals surface area contributed by atoms with Crippen molar-refractivity contribution >= 4 is 23.2 Å². The molecule has 1 N–H and O–H groups in total. The maximum absolute atomic E-state index is 7.00. The maximum atomic E-state index is 7.00. The summed E-state index contributed by atoms with van der Waals surface area (Å²) in [4.78, 5) is 0. The molecule has 0 amide bonds. The number of hydrogen-bond acceptors (Lipinski definition) is 1. The van der Waals surface area contributed by atoms with Crippen molar-refractivity contribution in [2.45, 2.75) is 13.3 Å². The van der Waals surface area contributed by atoms with Crippen LogP contribution in [-0.2, 0) is 6.42 Å². The van der Waals surface area contributed by atoms with Crippen LogP contribution in [0.3, 0.4) is 0 Å². The number of rotatable bonds is 1. The lowest BCUT2D eigenvalue weighted by Crippen LogP contribution is -1.79. The normalized spacial score (nSPS) is 8.75. The van der Waals surface area contributed by atoms with Crippen LogP contribution in [0.4, 0.5) is 0 Å². The lowest BCUT2D eigenvalue weighted by molar-refractivity contribution is 0.399. The molecule has 0 aliphatic carbocycles. The minimum absolute atomic E-state index is 0.696. The predicted molar refractivity (Wildman–Crippen MR) is 54.0 cm³/mol. The first-order chi connectivity index (χ1) is 5.74. The van der Waals surface area contributed by atoms with Gasteiger partial charge in [0.25, 0.3) is 0 Å². The first-order valence-electron chi connectivity index (χ1n) is 3.62. The van der Waals surface area contributed by atoms with E-state index in [1.165, 1.54) is 0 Å². The van der Waals surface area contributed by atoms with Gasteiger partial charge in [0.1, 0.15) is 0 Å². The molecule has 0 bridgehead atoms. The molecular formula is C9H12Cl2O. The molecule has 1 rings (SSSR count). The molecule has 0 aliphatic heterocycles. The Kier molecular flexibility index (Phi) is 6.17. The second-order valence-corrected chi connectivity index (χ2v) is 2.93. The van der Waals surface area contributed by atoms with E-state index in [0.717, 1.165) is 24.1 Å². The van der Waals surface area contributed by atoms with Gasteiger partial charge in [-0.25, -0.2) is 0 Å². The zero-order chi connectivity index (χ0) is 9.56. The summed E-state index contributed by atoms with van der Waals surface area (Å²) in [5, 5.41) is 8.46. The molecule has 0 aliphatic rings. The second kappa shape index (κ2) is 6.30. The molecule has 1 aromatic carbocycles. The second-order valence-electron chi connectivity index (χ2n) is 2.09. The van der Waals surface area contributed by atoms with E-state index in [9.17, 15) is 0 Å². The topological polar surface area (TPSA) is 20.2 Å². The van der Waals surface area contributed by atoms with E-state index in [0.29, 0.717) is 5.02 Å². The summed E-state index contributed by atoms with van der Waals surface area (Å²) < 4.78 is 0. The van der Waals surface area contributed by atoms with Gasteiger partial charge in [-0.3, -0.25) is 0 Å². The zero-order valence-corrected chi connectivity index (χ0v) is 8.65. The molecular weight excluding hydrogens is 195 g/mol. The third kappa shape index (κ3) is 3.44. The van der Waals surface area contributed by atoms with Crippen LogP contribution in [0.15, 0.2) is 18.2 Å². The van der Waals surface area contributed by atoms with Crippen molar-refractivity contribution in [1.29, 1.82) is 0 Å². The first-order valence-corrected chi connectivity index (χ1v) is 4.38. The van der Waals surface area contributed by atoms with Crippen molar-refractivity contribution in [2.24, 2.45) is 0 Å². The average molecular weight is 207 g/mol. The van der Waals surface area contributed by atoms with Gasteiger partial charge in [0, 0.05) is 17.2 Å². The lowest BCUT2D eigenvalue weighted by Gasteiger charge is -1.98. The summed E-state index contributed by atoms with van der Waals surface area (Å²) in [6.07, 6.45) is 0.954. The molecule has 1 aromatic rings. The quantitative estimate of drug-likeness (QED) is 0.749. The molecule has 0 aromatic heterocycles. The number of hydrogen-bond donors (Lipinski definition) is 1. The number of halogens is 2. The summed E-state index contributed by atoms with van der Waals surface area (Å²) in [5.41, 5.74) is 1.14. The van der Waals surface area contributed by atoms with Crippen LogP contribution in [0.2, 0.25) is 10.0 Å². The van der Waals surface area contributed by atoms with E-state index in [1.807, 2.05) is 12.1 Å². The Hall–Kier alpha value is -0.240. The van der Waals surface area contributed by atoms with Crippen LogP contribution < -0.4 is 0 Å². The minimum atomic E-state index is 0.696. The van der Waals surface area contributed by atoms with Crippen LogP contribution in [0.1, 0.15) is 12.5 Å². The van der Waals surface area contributed by atoms with Crippen molar-refractivity contribution in [1.82, 2.24) is 0 Å². The smallest absolute Gasteiger partial charge is 0.0452 e. The Morgan fingerprint density at radius 1 is 1.25 bits per heavy atom. The van der Waals surface area contributed by atoms with Crippen LogP contribution in [-0.4, -0.2) is 12.2 Å². The van der Waals surface area contributed by atoms with Gasteiger partial charge in [-0.05, 0) is 24.1 Å². The molecule has 0 atom stereocenters. The summed E-state index contributed by atoms with van der Waals surface area (Å²) >= 11 is 11.5. The van der Waals surface area contributed by atoms with Crippen LogP contribution in [0.5, 0.6) is 0 Å². The van der Waals surface area contributed by atoms with Crippen LogP contribution >= 0.6 is 23.2 Å². The molecule has 0 fully saturated rings. The fourth-order valence-corrected chi connectivity index (χ4v) is 1.35. The molecule has 0 heterocycles. The monoisotopic (exact) mass is 206 g/mol. The summed E-state index contributed by atoms with van der Waals surface area (Å²) in [5.74, 6) is 0. The maximum Gasteiger partial charge on any atom is 0.0452 e. The van der Waals surface area contributed by atoms with E-state index >= 15 is 0 Å². The summed E-state index contributed by atoms with van der Waals surface area (Å²) in [7, 11) is 1.00. The Balaban J connectivity index is 0.000000561. The third-order valence-corrected chi connectivity index (χ3v) is 1.98. The SMILES string of the molecule is CCc1ccc(Cl)cc1Cl.CO. The number of aliphatic hydroxyl groups excluding tert-OH is 1. The van der Waals surface area contributed by atoms with Crippen molar-refractivity contribution in [3.63, 3.8) is 0 Å². The van der Waals surface area contributed by atoms with Crippen molar-refractivity contribution in [2.75, 3.05) is 7.11 Å². The first kappa shape index (κ1) is 11.8. The van der Waals surface area contributed by atoms with Crippen molar-refractivity contribution < 1.29 is 5.11 Å². The van der Waals surface area contributed by atoms with Crippen molar-refractivity contribution in [3.05, 3.63) is 33.8 Å². The molecule has 12 heavy (non-hydrogen) atoms. The van der Waals surface area contributed by atoms with E-state index in [4.69, 9.17) is 28.3 Å². The third-order valence-electron chi connectivity index (χ3n) is 1.40. The highest BCUT2D eigenvalue weighted by atomic mass is 35.5. The number of aliphatic hydroxyl groups is 1. The highest BCUT2D eigenvalue weighted by Gasteiger charge is 1.96. The molecule has 68 valence electrons. The van der Waals surface area contributed by atoms with E-state index in [2.05, 4.69) is 6.92 Å². The minimum Gasteiger partial charge on any atom is -0.400 e. The zero-order valence-electron chi connectivity index (χ0n) is 7.14. The van der Waals surface area contributed by atoms with Gasteiger partial charge < -0.3 is 5.11 Å². The lowest BCUT2D eigenvalue weighted by atomic mass is 10.2. The van der Waals surface area contributed by atoms with Gasteiger partial charge in [0.2, 0.25) is 0 Å². The number of aryl methyl sites for hydroxylation is 1. The van der Waals surface area contributed by atoms with Gasteiger partial charge in [0.05, 0.1) is 0 Å². The Bertz CT molecular complexity index is 236. The largest absolute Gasteiger partial charge is 0.400 e. The Labute approximate surface area is 82.9 Å². The molecule has 3 heteroatoms. The van der Waals surface area contributed by atoms with E-state index in [-0.39, 0.29) is 0 Å². The fraction of sp³-hybridized carbons (Fsp3) is 0.333. The fourth-order valence-electron chi connectivity index (χ4n) is 0.808. The molecule has 1 nitrogen and oxygen atoms in total. The highest BCUT2D eigenvalue weighted by molar-refractivity contribution is 6.35. The summed E-state index contributed by atoms with van der Waals surface area (Å²) in [6, 6.07) is 5.57. The molecule has 0 unspecified atom stereocenters. The van der Waals surface area contributed by atoms with E-state index < -0.39 is 0 Å². The molecule has 0 saturated carbocycles. The van der Waals surface area contributed by atoms with Crippen LogP contribution in [0, 0.1) is 0 Å². The summed E-state index contributed by atoms with van der Waals surface area (Å²) in [6.45, 7) is 2.06. The van der Waals surface area contributed by atoms with Gasteiger partial charge in [-0.1, -0.05) is 36.2 Å². The van der Waals surface area contributed by atoms with Crippen molar-refractivity contribution in [3.8, 4) is 0 Å². The van der Waals surface area contributed by atoms with Crippen LogP contribution in [0.25, 0.3) is 0 Å². The van der Waals surface area contributed by atoms with Gasteiger partial charge >= 0.3 is 0 Å². The molecule has 0 radical (unpaired) electrons. The predicted octanol–water partition coefficient (Wildman–Crippen LogP) is 3.16.